The molecule has 1 saturated heterocycles. The van der Waals surface area contributed by atoms with Crippen molar-refractivity contribution >= 4 is 23.9 Å². The number of carbonyl (C=O) groups is 4. The van der Waals surface area contributed by atoms with E-state index in [2.05, 4.69) is 81.5 Å². The van der Waals surface area contributed by atoms with Gasteiger partial charge in [-0.25, -0.2) is 4.79 Å². The van der Waals surface area contributed by atoms with Crippen LogP contribution in [0.15, 0.2) is 60.8 Å². The molecule has 0 bridgehead atoms. The van der Waals surface area contributed by atoms with E-state index >= 15 is 0 Å². The van der Waals surface area contributed by atoms with Crippen LogP contribution in [-0.2, 0) is 42.9 Å². The Bertz CT molecular complexity index is 1540. The van der Waals surface area contributed by atoms with Crippen molar-refractivity contribution in [2.45, 2.75) is 302 Å². The average Bonchev–Trinajstić information content (AvgIpc) is 3.39. The van der Waals surface area contributed by atoms with Crippen LogP contribution in [0.5, 0.6) is 0 Å². The molecule has 0 radical (unpaired) electrons. The monoisotopic (exact) mass is 1060 g/mol. The normalized spacial score (nSPS) is 18.5. The lowest BCUT2D eigenvalue weighted by molar-refractivity contribution is -0.301. The van der Waals surface area contributed by atoms with Crippen LogP contribution in [0.3, 0.4) is 0 Å². The zero-order valence-electron chi connectivity index (χ0n) is 47.5. The number of aliphatic hydroxyl groups is 2. The van der Waals surface area contributed by atoms with Crippen LogP contribution in [0, 0.1) is 0 Å². The molecule has 432 valence electrons. The molecule has 3 N–H and O–H groups in total. The number of carbonyl (C=O) groups excluding carboxylic acids is 3. The third-order valence-corrected chi connectivity index (χ3v) is 13.6. The lowest BCUT2D eigenvalue weighted by Crippen LogP contribution is -2.61. The molecule has 0 spiro atoms. The minimum absolute atomic E-state index is 0.0554. The summed E-state index contributed by atoms with van der Waals surface area (Å²) in [6.45, 7) is 5.84. The maximum atomic E-state index is 13.1. The molecule has 12 heteroatoms. The minimum Gasteiger partial charge on any atom is -0.479 e. The number of esters is 3. The Balaban J connectivity index is 2.62. The van der Waals surface area contributed by atoms with Gasteiger partial charge in [0, 0.05) is 19.3 Å². The lowest BCUT2D eigenvalue weighted by Gasteiger charge is -2.40. The third-order valence-electron chi connectivity index (χ3n) is 13.6. The molecule has 0 aromatic carbocycles. The van der Waals surface area contributed by atoms with Crippen molar-refractivity contribution in [3.63, 3.8) is 0 Å². The van der Waals surface area contributed by atoms with Crippen LogP contribution in [0.2, 0.25) is 0 Å². The standard InChI is InChI=1S/C63H108O12/c1-4-7-10-13-16-19-21-23-25-27-28-30-32-34-36-39-42-45-48-51-57(66)74-61-59(68)58(67)60(62(69)70)75-63(61)72-53-54(73-56(65)50-47-44-41-37-18-15-12-9-6-3)52-71-55(64)49-46-43-40-38-35-33-31-29-26-24-22-20-17-14-11-8-5-2/h8,11,16-17,19-20,23-26,54,58-61,63,67-68H,4-7,9-10,12-15,18,21-22,27-53H2,1-3H3,(H,69,70)/b11-8-,19-16-,20-17-,25-23-,26-24-. The quantitative estimate of drug-likeness (QED) is 0.0228. The molecule has 12 nitrogen and oxygen atoms in total. The largest absolute Gasteiger partial charge is 0.479 e. The molecule has 1 aliphatic heterocycles. The topological polar surface area (TPSA) is 175 Å². The molecular weight excluding hydrogens is 949 g/mol. The lowest BCUT2D eigenvalue weighted by atomic mass is 9.98. The number of carboxylic acids is 1. The predicted octanol–water partition coefficient (Wildman–Crippen LogP) is 15.6. The van der Waals surface area contributed by atoms with Gasteiger partial charge in [-0.3, -0.25) is 14.4 Å². The molecular formula is C63H108O12. The van der Waals surface area contributed by atoms with Crippen molar-refractivity contribution in [3.05, 3.63) is 60.8 Å². The Labute approximate surface area is 456 Å². The Morgan fingerprint density at radius 3 is 1.31 bits per heavy atom. The van der Waals surface area contributed by atoms with Crippen molar-refractivity contribution in [1.82, 2.24) is 0 Å². The third kappa shape index (κ3) is 41.2. The number of aliphatic hydroxyl groups excluding tert-OH is 2. The molecule has 0 aromatic rings. The van der Waals surface area contributed by atoms with E-state index in [9.17, 15) is 34.5 Å². The van der Waals surface area contributed by atoms with Gasteiger partial charge in [-0.2, -0.15) is 0 Å². The summed E-state index contributed by atoms with van der Waals surface area (Å²) in [4.78, 5) is 51.1. The second-order valence-electron chi connectivity index (χ2n) is 20.6. The van der Waals surface area contributed by atoms with Crippen molar-refractivity contribution in [1.29, 1.82) is 0 Å². The Morgan fingerprint density at radius 2 is 0.840 bits per heavy atom. The molecule has 0 saturated carbocycles. The van der Waals surface area contributed by atoms with Gasteiger partial charge in [0.25, 0.3) is 0 Å². The van der Waals surface area contributed by atoms with Gasteiger partial charge in [0.1, 0.15) is 18.8 Å². The number of aliphatic carboxylic acids is 1. The zero-order valence-corrected chi connectivity index (χ0v) is 47.5. The van der Waals surface area contributed by atoms with E-state index in [4.69, 9.17) is 23.7 Å². The predicted molar refractivity (Wildman–Crippen MR) is 303 cm³/mol. The van der Waals surface area contributed by atoms with Gasteiger partial charge in [-0.15, -0.1) is 0 Å². The van der Waals surface area contributed by atoms with E-state index < -0.39 is 67.3 Å². The Kier molecular flexibility index (Phi) is 47.4. The van der Waals surface area contributed by atoms with E-state index in [0.717, 1.165) is 109 Å². The molecule has 1 heterocycles. The van der Waals surface area contributed by atoms with Gasteiger partial charge in [-0.05, 0) is 83.5 Å². The Morgan fingerprint density at radius 1 is 0.453 bits per heavy atom. The van der Waals surface area contributed by atoms with Crippen LogP contribution in [0.4, 0.5) is 0 Å². The summed E-state index contributed by atoms with van der Waals surface area (Å²) in [6.07, 6.45) is 50.5. The van der Waals surface area contributed by atoms with Crippen LogP contribution in [0.25, 0.3) is 0 Å². The van der Waals surface area contributed by atoms with Crippen LogP contribution < -0.4 is 0 Å². The van der Waals surface area contributed by atoms with E-state index in [1.165, 1.54) is 96.3 Å². The highest BCUT2D eigenvalue weighted by atomic mass is 16.7. The van der Waals surface area contributed by atoms with Crippen LogP contribution in [-0.4, -0.2) is 89.2 Å². The first-order chi connectivity index (χ1) is 36.6. The summed E-state index contributed by atoms with van der Waals surface area (Å²) < 4.78 is 28.4. The number of allylic oxidation sites excluding steroid dienone is 10. The van der Waals surface area contributed by atoms with Crippen molar-refractivity contribution < 1.29 is 58.2 Å². The summed E-state index contributed by atoms with van der Waals surface area (Å²) >= 11 is 0. The maximum absolute atomic E-state index is 13.1. The molecule has 75 heavy (non-hydrogen) atoms. The fourth-order valence-corrected chi connectivity index (χ4v) is 8.94. The molecule has 0 aromatic heterocycles. The Hall–Kier alpha value is -3.58. The summed E-state index contributed by atoms with van der Waals surface area (Å²) in [7, 11) is 0. The molecule has 1 aliphatic rings. The number of hydrogen-bond acceptors (Lipinski definition) is 11. The summed E-state index contributed by atoms with van der Waals surface area (Å²) in [5.41, 5.74) is 0. The summed E-state index contributed by atoms with van der Waals surface area (Å²) in [5, 5.41) is 31.5. The molecule has 1 fully saturated rings. The summed E-state index contributed by atoms with van der Waals surface area (Å²) in [6, 6.07) is 0. The molecule has 0 aliphatic carbocycles. The van der Waals surface area contributed by atoms with Crippen molar-refractivity contribution in [3.8, 4) is 0 Å². The van der Waals surface area contributed by atoms with Gasteiger partial charge >= 0.3 is 23.9 Å². The second-order valence-corrected chi connectivity index (χ2v) is 20.6. The number of hydrogen-bond donors (Lipinski definition) is 3. The van der Waals surface area contributed by atoms with Gasteiger partial charge in [0.15, 0.2) is 24.6 Å². The zero-order chi connectivity index (χ0) is 54.7. The molecule has 6 unspecified atom stereocenters. The number of unbranched alkanes of at least 4 members (excludes halogenated alkanes) is 27. The molecule has 6 atom stereocenters. The second kappa shape index (κ2) is 51.2. The minimum atomic E-state index is -1.90. The highest BCUT2D eigenvalue weighted by Crippen LogP contribution is 2.26. The van der Waals surface area contributed by atoms with Gasteiger partial charge in [0.05, 0.1) is 6.61 Å². The average molecular weight is 1060 g/mol. The highest BCUT2D eigenvalue weighted by Gasteiger charge is 2.50. The first kappa shape index (κ1) is 69.4. The molecule has 1 rings (SSSR count). The van der Waals surface area contributed by atoms with Crippen molar-refractivity contribution in [2.75, 3.05) is 13.2 Å². The van der Waals surface area contributed by atoms with Crippen LogP contribution >= 0.6 is 0 Å². The number of ether oxygens (including phenoxy) is 5. The van der Waals surface area contributed by atoms with E-state index in [0.29, 0.717) is 19.3 Å². The smallest absolute Gasteiger partial charge is 0.335 e. The van der Waals surface area contributed by atoms with Gasteiger partial charge < -0.3 is 39.0 Å². The van der Waals surface area contributed by atoms with Crippen molar-refractivity contribution in [2.24, 2.45) is 0 Å². The fraction of sp³-hybridized carbons (Fsp3) is 0.778. The summed E-state index contributed by atoms with van der Waals surface area (Å²) in [5.74, 6) is -3.13. The fourth-order valence-electron chi connectivity index (χ4n) is 8.94. The van der Waals surface area contributed by atoms with Gasteiger partial charge in [-0.1, -0.05) is 223 Å². The first-order valence-corrected chi connectivity index (χ1v) is 30.3. The van der Waals surface area contributed by atoms with E-state index in [1.807, 2.05) is 0 Å². The van der Waals surface area contributed by atoms with Crippen LogP contribution in [0.1, 0.15) is 265 Å². The maximum Gasteiger partial charge on any atom is 0.335 e. The van der Waals surface area contributed by atoms with E-state index in [-0.39, 0.29) is 25.9 Å². The number of carboxylic acid groups (broad SMARTS) is 1. The van der Waals surface area contributed by atoms with E-state index in [1.54, 1.807) is 0 Å². The van der Waals surface area contributed by atoms with Gasteiger partial charge in [0.2, 0.25) is 0 Å². The first-order valence-electron chi connectivity index (χ1n) is 30.3. The SMILES string of the molecule is CC/C=C\C/C=C\C/C=C\CCCCCCCCCC(=O)OCC(COC1OC(C(=O)O)C(O)C(O)C1OC(=O)CCCCCCCCCCC/C=C\C/C=C\CCCCC)OC(=O)CCCCCCCCCCC. The molecule has 0 amide bonds. The number of rotatable bonds is 51. The highest BCUT2D eigenvalue weighted by molar-refractivity contribution is 5.74.